The zero-order valence-corrected chi connectivity index (χ0v) is 8.90. The summed E-state index contributed by atoms with van der Waals surface area (Å²) >= 11 is 3.26. The Labute approximate surface area is 92.5 Å². The fraction of sp³-hybridized carbons (Fsp3) is 0. The van der Waals surface area contributed by atoms with E-state index in [1.807, 2.05) is 0 Å². The molecule has 0 N–H and O–H groups in total. The number of aromatic nitrogens is 4. The molecule has 0 atom stereocenters. The van der Waals surface area contributed by atoms with Gasteiger partial charge in [0.05, 0.1) is 10.7 Å². The maximum atomic E-state index is 8.35. The molecule has 0 fully saturated rings. The minimum Gasteiger partial charge on any atom is -0.249 e. The van der Waals surface area contributed by atoms with Crippen molar-refractivity contribution in [3.8, 4) is 5.82 Å². The van der Waals surface area contributed by atoms with Crippen LogP contribution in [0.5, 0.6) is 0 Å². The first-order valence-corrected chi connectivity index (χ1v) is 4.67. The smallest absolute Gasteiger partial charge is 0.181 e. The second kappa shape index (κ2) is 4.07. The Kier molecular flexibility index (Phi) is 2.61. The van der Waals surface area contributed by atoms with Gasteiger partial charge in [-0.1, -0.05) is 0 Å². The number of rotatable bonds is 2. The predicted octanol–water partition coefficient (Wildman–Crippen LogP) is 2.37. The molecule has 15 heavy (non-hydrogen) atoms. The predicted molar refractivity (Wildman–Crippen MR) is 55.7 cm³/mol. The van der Waals surface area contributed by atoms with Gasteiger partial charge in [-0.25, -0.2) is 14.6 Å². The molecule has 0 bridgehead atoms. The first-order valence-electron chi connectivity index (χ1n) is 3.88. The third-order valence-corrected chi connectivity index (χ3v) is 1.98. The van der Waals surface area contributed by atoms with Gasteiger partial charge in [0.25, 0.3) is 0 Å². The molecule has 0 aromatic carbocycles. The molecule has 0 aliphatic carbocycles. The summed E-state index contributed by atoms with van der Waals surface area (Å²) in [7, 11) is 0. The van der Waals surface area contributed by atoms with Crippen LogP contribution in [0.25, 0.3) is 16.3 Å². The van der Waals surface area contributed by atoms with Crippen molar-refractivity contribution < 1.29 is 0 Å². The number of hydrogen-bond acceptors (Lipinski definition) is 4. The van der Waals surface area contributed by atoms with E-state index in [2.05, 4.69) is 41.0 Å². The molecule has 74 valence electrons. The molecule has 0 amide bonds. The van der Waals surface area contributed by atoms with Gasteiger partial charge in [0, 0.05) is 23.5 Å². The van der Waals surface area contributed by atoms with Gasteiger partial charge in [-0.3, -0.25) is 0 Å². The van der Waals surface area contributed by atoms with Crippen LogP contribution in [0.2, 0.25) is 0 Å². The van der Waals surface area contributed by atoms with Gasteiger partial charge >= 0.3 is 0 Å². The lowest BCUT2D eigenvalue weighted by atomic mass is 10.6. The van der Waals surface area contributed by atoms with Crippen LogP contribution in [0.1, 0.15) is 0 Å². The average molecular weight is 266 g/mol. The summed E-state index contributed by atoms with van der Waals surface area (Å²) in [5, 5.41) is 7.44. The van der Waals surface area contributed by atoms with Gasteiger partial charge in [-0.2, -0.15) is 5.10 Å². The summed E-state index contributed by atoms with van der Waals surface area (Å²) in [4.78, 5) is 10.6. The van der Waals surface area contributed by atoms with Crippen LogP contribution in [0.4, 0.5) is 5.82 Å². The summed E-state index contributed by atoms with van der Waals surface area (Å²) in [6, 6.07) is 0. The number of azide groups is 1. The van der Waals surface area contributed by atoms with Gasteiger partial charge in [0.1, 0.15) is 0 Å². The molecular formula is C7H4BrN7. The molecular weight excluding hydrogens is 262 g/mol. The number of halogens is 1. The van der Waals surface area contributed by atoms with Crippen LogP contribution in [-0.4, -0.2) is 19.7 Å². The zero-order valence-electron chi connectivity index (χ0n) is 7.32. The van der Waals surface area contributed by atoms with Crippen molar-refractivity contribution in [1.82, 2.24) is 19.7 Å². The fourth-order valence-corrected chi connectivity index (χ4v) is 1.30. The molecule has 0 saturated carbocycles. The average Bonchev–Trinajstić information content (AvgIpc) is 2.66. The Morgan fingerprint density at radius 3 is 2.87 bits per heavy atom. The summed E-state index contributed by atoms with van der Waals surface area (Å²) < 4.78 is 2.28. The normalized spacial score (nSPS) is 9.67. The molecule has 0 radical (unpaired) electrons. The Balaban J connectivity index is 2.56. The minimum absolute atomic E-state index is 0.190. The highest BCUT2D eigenvalue weighted by Crippen LogP contribution is 2.18. The molecule has 2 rings (SSSR count). The van der Waals surface area contributed by atoms with E-state index in [1.54, 1.807) is 12.4 Å². The van der Waals surface area contributed by atoms with E-state index >= 15 is 0 Å². The zero-order chi connectivity index (χ0) is 10.7. The molecule has 8 heteroatoms. The Bertz CT molecular complexity index is 528. The lowest BCUT2D eigenvalue weighted by Gasteiger charge is -2.01. The number of nitrogens with zero attached hydrogens (tertiary/aromatic N) is 7. The van der Waals surface area contributed by atoms with Crippen molar-refractivity contribution in [2.24, 2.45) is 5.11 Å². The highest BCUT2D eigenvalue weighted by atomic mass is 79.9. The lowest BCUT2D eigenvalue weighted by molar-refractivity contribution is 0.837. The molecule has 0 aliphatic rings. The highest BCUT2D eigenvalue weighted by molar-refractivity contribution is 9.10. The summed E-state index contributed by atoms with van der Waals surface area (Å²) in [5.41, 5.74) is 8.35. The van der Waals surface area contributed by atoms with Crippen molar-refractivity contribution in [1.29, 1.82) is 0 Å². The van der Waals surface area contributed by atoms with E-state index in [4.69, 9.17) is 5.53 Å². The second-order valence-electron chi connectivity index (χ2n) is 2.50. The van der Waals surface area contributed by atoms with Crippen LogP contribution < -0.4 is 0 Å². The van der Waals surface area contributed by atoms with Crippen molar-refractivity contribution in [3.05, 3.63) is 39.7 Å². The quantitative estimate of drug-likeness (QED) is 0.474. The molecule has 0 unspecified atom stereocenters. The fourth-order valence-electron chi connectivity index (χ4n) is 1.01. The van der Waals surface area contributed by atoms with Gasteiger partial charge in [0.2, 0.25) is 0 Å². The first kappa shape index (κ1) is 9.63. The van der Waals surface area contributed by atoms with Crippen molar-refractivity contribution in [2.45, 2.75) is 0 Å². The molecule has 7 nitrogen and oxygen atoms in total. The van der Waals surface area contributed by atoms with E-state index in [1.165, 1.54) is 17.1 Å². The van der Waals surface area contributed by atoms with Crippen LogP contribution in [0, 0.1) is 0 Å². The maximum absolute atomic E-state index is 8.35. The van der Waals surface area contributed by atoms with Crippen molar-refractivity contribution in [2.75, 3.05) is 0 Å². The molecule has 2 aromatic rings. The van der Waals surface area contributed by atoms with Gasteiger partial charge in [-0.05, 0) is 26.6 Å². The van der Waals surface area contributed by atoms with E-state index in [9.17, 15) is 0 Å². The third-order valence-electron chi connectivity index (χ3n) is 1.57. The molecule has 0 aliphatic heterocycles. The maximum Gasteiger partial charge on any atom is 0.181 e. The van der Waals surface area contributed by atoms with Crippen LogP contribution in [-0.2, 0) is 0 Å². The first-order chi connectivity index (χ1) is 7.31. The topological polar surface area (TPSA) is 92.4 Å². The van der Waals surface area contributed by atoms with E-state index in [0.717, 1.165) is 4.47 Å². The Morgan fingerprint density at radius 1 is 1.40 bits per heavy atom. The largest absolute Gasteiger partial charge is 0.249 e. The Hall–Kier alpha value is -1.92. The highest BCUT2D eigenvalue weighted by Gasteiger charge is 2.06. The lowest BCUT2D eigenvalue weighted by Crippen LogP contribution is -1.98. The third kappa shape index (κ3) is 1.95. The minimum atomic E-state index is 0.190. The van der Waals surface area contributed by atoms with E-state index in [0.29, 0.717) is 5.82 Å². The SMILES string of the molecule is [N-]=[N+]=Nc1nccnc1-n1cc(Br)cn1. The molecule has 2 heterocycles. The van der Waals surface area contributed by atoms with Gasteiger partial charge < -0.3 is 0 Å². The van der Waals surface area contributed by atoms with Crippen LogP contribution in [0.3, 0.4) is 0 Å². The van der Waals surface area contributed by atoms with Crippen molar-refractivity contribution >= 4 is 21.7 Å². The second-order valence-corrected chi connectivity index (χ2v) is 3.41. The monoisotopic (exact) mass is 265 g/mol. The summed E-state index contributed by atoms with van der Waals surface area (Å²) in [5.74, 6) is 0.580. The van der Waals surface area contributed by atoms with Crippen LogP contribution in [0.15, 0.2) is 34.4 Å². The van der Waals surface area contributed by atoms with E-state index < -0.39 is 0 Å². The summed E-state index contributed by atoms with van der Waals surface area (Å²) in [6.45, 7) is 0. The molecule has 2 aromatic heterocycles. The van der Waals surface area contributed by atoms with Crippen LogP contribution >= 0.6 is 15.9 Å². The standard InChI is InChI=1S/C7H4BrN7/c8-5-3-12-15(4-5)7-6(13-14-9)10-1-2-11-7/h1-4H. The number of hydrogen-bond donors (Lipinski definition) is 0. The molecule has 0 spiro atoms. The van der Waals surface area contributed by atoms with Gasteiger partial charge in [0.15, 0.2) is 11.6 Å². The van der Waals surface area contributed by atoms with E-state index in [-0.39, 0.29) is 5.82 Å². The Morgan fingerprint density at radius 2 is 2.20 bits per heavy atom. The van der Waals surface area contributed by atoms with Gasteiger partial charge in [-0.15, -0.1) is 0 Å². The summed E-state index contributed by atoms with van der Waals surface area (Å²) in [6.07, 6.45) is 6.25. The molecule has 0 saturated heterocycles. The van der Waals surface area contributed by atoms with Crippen molar-refractivity contribution in [3.63, 3.8) is 0 Å².